The molecule has 2 aromatic heterocycles. The van der Waals surface area contributed by atoms with Gasteiger partial charge in [-0.1, -0.05) is 152 Å². The molecule has 0 aliphatic rings. The fraction of sp³-hybridized carbons (Fsp3) is 0. The first-order valence-corrected chi connectivity index (χ1v) is 17.2. The van der Waals surface area contributed by atoms with Crippen LogP contribution in [0.3, 0.4) is 0 Å². The minimum absolute atomic E-state index is 0.646. The summed E-state index contributed by atoms with van der Waals surface area (Å²) in [7, 11) is 0. The van der Waals surface area contributed by atoms with Crippen LogP contribution in [-0.2, 0) is 0 Å². The smallest absolute Gasteiger partial charge is 0.164 e. The van der Waals surface area contributed by atoms with Crippen LogP contribution in [0.5, 0.6) is 0 Å². The standard InChI is InChI=1S/C47H30N4/c1-2-12-35(13-3-1)45-48-46(50-47(49-45)38-23-20-31-10-4-5-14-37(31)30-38)36-21-18-32(19-22-36)33-24-27-39(28-25-33)51-42-17-9-8-16-41(42)44-40-15-7-6-11-34(40)26-29-43(44)51/h1-30H. The van der Waals surface area contributed by atoms with Crippen LogP contribution < -0.4 is 0 Å². The molecule has 0 aliphatic carbocycles. The molecule has 0 saturated heterocycles. The largest absolute Gasteiger partial charge is 0.309 e. The lowest BCUT2D eigenvalue weighted by atomic mass is 10.0. The maximum atomic E-state index is 4.99. The quantitative estimate of drug-likeness (QED) is 0.186. The van der Waals surface area contributed by atoms with Gasteiger partial charge in [0.2, 0.25) is 0 Å². The minimum Gasteiger partial charge on any atom is -0.309 e. The van der Waals surface area contributed by atoms with Gasteiger partial charge < -0.3 is 4.57 Å². The number of hydrogen-bond donors (Lipinski definition) is 0. The van der Waals surface area contributed by atoms with Crippen molar-refractivity contribution in [2.75, 3.05) is 0 Å². The summed E-state index contributed by atoms with van der Waals surface area (Å²) in [6.07, 6.45) is 0. The minimum atomic E-state index is 0.646. The molecule has 0 unspecified atom stereocenters. The summed E-state index contributed by atoms with van der Waals surface area (Å²) < 4.78 is 2.38. The maximum Gasteiger partial charge on any atom is 0.164 e. The molecule has 0 N–H and O–H groups in total. The van der Waals surface area contributed by atoms with Crippen molar-refractivity contribution in [3.05, 3.63) is 182 Å². The van der Waals surface area contributed by atoms with Gasteiger partial charge in [0, 0.05) is 33.2 Å². The zero-order valence-corrected chi connectivity index (χ0v) is 27.6. The molecule has 2 heterocycles. The lowest BCUT2D eigenvalue weighted by Crippen LogP contribution is -2.00. The third-order valence-electron chi connectivity index (χ3n) is 9.84. The molecule has 8 aromatic carbocycles. The van der Waals surface area contributed by atoms with Gasteiger partial charge in [-0.3, -0.25) is 0 Å². The number of aromatic nitrogens is 4. The molecule has 238 valence electrons. The molecule has 0 fully saturated rings. The normalized spacial score (nSPS) is 11.5. The van der Waals surface area contributed by atoms with E-state index in [2.05, 4.69) is 156 Å². The summed E-state index contributed by atoms with van der Waals surface area (Å²) in [6.45, 7) is 0. The Bertz CT molecular complexity index is 2890. The van der Waals surface area contributed by atoms with Crippen LogP contribution in [0.4, 0.5) is 0 Å². The van der Waals surface area contributed by atoms with E-state index in [1.54, 1.807) is 0 Å². The second-order valence-corrected chi connectivity index (χ2v) is 12.9. The Morgan fingerprint density at radius 3 is 1.57 bits per heavy atom. The van der Waals surface area contributed by atoms with Crippen molar-refractivity contribution in [3.8, 4) is 51.0 Å². The Kier molecular flexibility index (Phi) is 6.78. The Morgan fingerprint density at radius 1 is 0.314 bits per heavy atom. The highest BCUT2D eigenvalue weighted by molar-refractivity contribution is 6.21. The van der Waals surface area contributed by atoms with Gasteiger partial charge in [0.1, 0.15) is 0 Å². The molecule has 10 rings (SSSR count). The van der Waals surface area contributed by atoms with Crippen LogP contribution in [0.2, 0.25) is 0 Å². The number of rotatable bonds is 5. The maximum absolute atomic E-state index is 4.99. The van der Waals surface area contributed by atoms with Crippen LogP contribution in [0, 0.1) is 0 Å². The summed E-state index contributed by atoms with van der Waals surface area (Å²) >= 11 is 0. The van der Waals surface area contributed by atoms with E-state index in [1.807, 2.05) is 30.3 Å². The van der Waals surface area contributed by atoms with E-state index >= 15 is 0 Å². The van der Waals surface area contributed by atoms with Crippen LogP contribution in [0.25, 0.3) is 94.3 Å². The lowest BCUT2D eigenvalue weighted by Gasteiger charge is -2.11. The summed E-state index contributed by atoms with van der Waals surface area (Å²) in [6, 6.07) is 64.0. The van der Waals surface area contributed by atoms with Crippen LogP contribution in [0.15, 0.2) is 182 Å². The first kappa shape index (κ1) is 29.0. The first-order valence-electron chi connectivity index (χ1n) is 17.2. The molecular formula is C47H30N4. The van der Waals surface area contributed by atoms with E-state index in [4.69, 9.17) is 15.0 Å². The fourth-order valence-corrected chi connectivity index (χ4v) is 7.31. The number of hydrogen-bond acceptors (Lipinski definition) is 3. The van der Waals surface area contributed by atoms with Crippen LogP contribution >= 0.6 is 0 Å². The summed E-state index contributed by atoms with van der Waals surface area (Å²) in [4.78, 5) is 14.9. The van der Waals surface area contributed by atoms with Gasteiger partial charge in [-0.25, -0.2) is 15.0 Å². The topological polar surface area (TPSA) is 43.6 Å². The Labute approximate surface area is 295 Å². The molecule has 0 atom stereocenters. The predicted octanol–water partition coefficient (Wildman–Crippen LogP) is 11.9. The third-order valence-corrected chi connectivity index (χ3v) is 9.84. The first-order chi connectivity index (χ1) is 25.3. The van der Waals surface area contributed by atoms with Crippen molar-refractivity contribution in [1.82, 2.24) is 19.5 Å². The van der Waals surface area contributed by atoms with Gasteiger partial charge >= 0.3 is 0 Å². The Morgan fingerprint density at radius 2 is 0.824 bits per heavy atom. The van der Waals surface area contributed by atoms with E-state index in [0.29, 0.717) is 17.5 Å². The molecule has 0 bridgehead atoms. The van der Waals surface area contributed by atoms with Gasteiger partial charge in [-0.15, -0.1) is 0 Å². The van der Waals surface area contributed by atoms with Gasteiger partial charge in [0.15, 0.2) is 17.5 Å². The molecule has 51 heavy (non-hydrogen) atoms. The average Bonchev–Trinajstić information content (AvgIpc) is 3.56. The van der Waals surface area contributed by atoms with E-state index < -0.39 is 0 Å². The van der Waals surface area contributed by atoms with Crippen molar-refractivity contribution < 1.29 is 0 Å². The van der Waals surface area contributed by atoms with Crippen molar-refractivity contribution in [1.29, 1.82) is 0 Å². The van der Waals surface area contributed by atoms with Gasteiger partial charge in [0.25, 0.3) is 0 Å². The number of nitrogens with zero attached hydrogens (tertiary/aromatic N) is 4. The van der Waals surface area contributed by atoms with Crippen LogP contribution in [-0.4, -0.2) is 19.5 Å². The zero-order chi connectivity index (χ0) is 33.7. The van der Waals surface area contributed by atoms with Crippen molar-refractivity contribution in [2.24, 2.45) is 0 Å². The van der Waals surface area contributed by atoms with Crippen LogP contribution in [0.1, 0.15) is 0 Å². The number of para-hydroxylation sites is 1. The molecule has 0 amide bonds. The lowest BCUT2D eigenvalue weighted by molar-refractivity contribution is 1.07. The molecule has 4 heteroatoms. The SMILES string of the molecule is c1ccc(-c2nc(-c3ccc(-c4ccc(-n5c6ccccc6c6c7ccccc7ccc65)cc4)cc3)nc(-c3ccc4ccccc4c3)n2)cc1. The van der Waals surface area contributed by atoms with Crippen molar-refractivity contribution >= 4 is 43.4 Å². The Balaban J connectivity index is 1.02. The summed E-state index contributed by atoms with van der Waals surface area (Å²) in [5.41, 5.74) is 8.68. The second-order valence-electron chi connectivity index (χ2n) is 12.9. The highest BCUT2D eigenvalue weighted by Crippen LogP contribution is 2.37. The van der Waals surface area contributed by atoms with Gasteiger partial charge in [-0.05, 0) is 63.0 Å². The molecule has 0 aliphatic heterocycles. The van der Waals surface area contributed by atoms with Crippen molar-refractivity contribution in [3.63, 3.8) is 0 Å². The fourth-order valence-electron chi connectivity index (χ4n) is 7.31. The number of fused-ring (bicyclic) bond motifs is 6. The predicted molar refractivity (Wildman–Crippen MR) is 211 cm³/mol. The average molecular weight is 651 g/mol. The third kappa shape index (κ3) is 5.04. The monoisotopic (exact) mass is 650 g/mol. The molecule has 10 aromatic rings. The second kappa shape index (κ2) is 11.9. The summed E-state index contributed by atoms with van der Waals surface area (Å²) in [5.74, 6) is 1.96. The molecule has 0 radical (unpaired) electrons. The Hall–Kier alpha value is -6.91. The molecule has 0 saturated carbocycles. The molecule has 0 spiro atoms. The van der Waals surface area contributed by atoms with Crippen molar-refractivity contribution in [2.45, 2.75) is 0 Å². The number of benzene rings is 8. The highest BCUT2D eigenvalue weighted by Gasteiger charge is 2.16. The zero-order valence-electron chi connectivity index (χ0n) is 27.6. The van der Waals surface area contributed by atoms with E-state index in [9.17, 15) is 0 Å². The summed E-state index contributed by atoms with van der Waals surface area (Å²) in [5, 5.41) is 7.43. The molecule has 4 nitrogen and oxygen atoms in total. The highest BCUT2D eigenvalue weighted by atomic mass is 15.0. The molecular weight excluding hydrogens is 621 g/mol. The van der Waals surface area contributed by atoms with E-state index in [-0.39, 0.29) is 0 Å². The van der Waals surface area contributed by atoms with Gasteiger partial charge in [0.05, 0.1) is 11.0 Å². The van der Waals surface area contributed by atoms with Gasteiger partial charge in [-0.2, -0.15) is 0 Å². The van der Waals surface area contributed by atoms with E-state index in [1.165, 1.54) is 38.0 Å². The van der Waals surface area contributed by atoms with E-state index in [0.717, 1.165) is 38.9 Å².